The molecule has 0 aliphatic rings. The number of halogens is 3. The summed E-state index contributed by atoms with van der Waals surface area (Å²) < 4.78 is 40.2. The van der Waals surface area contributed by atoms with Crippen molar-refractivity contribution in [2.75, 3.05) is 0 Å². The van der Waals surface area contributed by atoms with Crippen molar-refractivity contribution in [1.29, 1.82) is 0 Å². The third kappa shape index (κ3) is 4.39. The Labute approximate surface area is 145 Å². The zero-order valence-electron chi connectivity index (χ0n) is 12.5. The van der Waals surface area contributed by atoms with Crippen LogP contribution in [-0.2, 0) is 24.9 Å². The van der Waals surface area contributed by atoms with E-state index < -0.39 is 11.7 Å². The molecule has 0 aliphatic heterocycles. The fraction of sp³-hybridized carbons (Fsp3) is 0.250. The van der Waals surface area contributed by atoms with Gasteiger partial charge in [0.2, 0.25) is 0 Å². The minimum Gasteiger partial charge on any atom is -0.308 e. The zero-order valence-corrected chi connectivity index (χ0v) is 14.2. The molecule has 126 valence electrons. The predicted octanol–water partition coefficient (Wildman–Crippen LogP) is 4.89. The molecule has 3 nitrogen and oxygen atoms in total. The summed E-state index contributed by atoms with van der Waals surface area (Å²) in [5, 5.41) is 10.7. The molecule has 24 heavy (non-hydrogen) atoms. The van der Waals surface area contributed by atoms with Gasteiger partial charge in [0.1, 0.15) is 6.33 Å². The van der Waals surface area contributed by atoms with E-state index in [1.807, 2.05) is 16.0 Å². The second-order valence-corrected chi connectivity index (χ2v) is 7.10. The summed E-state index contributed by atoms with van der Waals surface area (Å²) in [4.78, 5) is 1.28. The summed E-state index contributed by atoms with van der Waals surface area (Å²) in [6.45, 7) is 0.748. The van der Waals surface area contributed by atoms with E-state index in [0.29, 0.717) is 16.5 Å². The Kier molecular flexibility index (Phi) is 5.25. The maximum Gasteiger partial charge on any atom is 0.416 e. The Hall–Kier alpha value is -1.80. The Morgan fingerprint density at radius 1 is 1.17 bits per heavy atom. The molecule has 2 aromatic heterocycles. The van der Waals surface area contributed by atoms with Crippen molar-refractivity contribution in [2.24, 2.45) is 0 Å². The van der Waals surface area contributed by atoms with Crippen LogP contribution >= 0.6 is 23.1 Å². The molecule has 0 amide bonds. The molecule has 1 aromatic carbocycles. The fourth-order valence-corrected chi connectivity index (χ4v) is 3.76. The molecular formula is C16H14F3N3S2. The first kappa shape index (κ1) is 17.0. The van der Waals surface area contributed by atoms with Gasteiger partial charge in [-0.3, -0.25) is 0 Å². The highest BCUT2D eigenvalue weighted by Crippen LogP contribution is 2.31. The van der Waals surface area contributed by atoms with Crippen LogP contribution in [0, 0.1) is 0 Å². The van der Waals surface area contributed by atoms with Crippen LogP contribution in [0.15, 0.2) is 53.3 Å². The number of alkyl halides is 3. The van der Waals surface area contributed by atoms with Crippen LogP contribution in [0.2, 0.25) is 0 Å². The average molecular weight is 369 g/mol. The lowest BCUT2D eigenvalue weighted by molar-refractivity contribution is -0.137. The Morgan fingerprint density at radius 3 is 2.79 bits per heavy atom. The lowest BCUT2D eigenvalue weighted by atomic mass is 10.1. The van der Waals surface area contributed by atoms with Crippen molar-refractivity contribution >= 4 is 23.1 Å². The van der Waals surface area contributed by atoms with Crippen LogP contribution in [0.1, 0.15) is 16.0 Å². The second kappa shape index (κ2) is 7.40. The topological polar surface area (TPSA) is 30.7 Å². The van der Waals surface area contributed by atoms with Crippen LogP contribution in [-0.4, -0.2) is 14.8 Å². The first-order valence-electron chi connectivity index (χ1n) is 7.21. The number of aromatic nitrogens is 3. The van der Waals surface area contributed by atoms with Gasteiger partial charge in [-0.25, -0.2) is 0 Å². The number of aryl methyl sites for hydroxylation is 2. The molecule has 0 radical (unpaired) electrons. The summed E-state index contributed by atoms with van der Waals surface area (Å²) >= 11 is 3.09. The van der Waals surface area contributed by atoms with E-state index in [4.69, 9.17) is 0 Å². The number of hydrogen-bond acceptors (Lipinski definition) is 4. The average Bonchev–Trinajstić information content (AvgIpc) is 3.22. The lowest BCUT2D eigenvalue weighted by Gasteiger charge is -2.09. The van der Waals surface area contributed by atoms with E-state index in [1.165, 1.54) is 28.8 Å². The predicted molar refractivity (Wildman–Crippen MR) is 89.1 cm³/mol. The minimum absolute atomic E-state index is 0.418. The summed E-state index contributed by atoms with van der Waals surface area (Å²) in [5.41, 5.74) is -0.0117. The normalized spacial score (nSPS) is 11.8. The third-order valence-electron chi connectivity index (χ3n) is 3.38. The van der Waals surface area contributed by atoms with Gasteiger partial charge >= 0.3 is 6.18 Å². The van der Waals surface area contributed by atoms with Gasteiger partial charge in [0.25, 0.3) is 0 Å². The van der Waals surface area contributed by atoms with Gasteiger partial charge in [-0.1, -0.05) is 36.0 Å². The van der Waals surface area contributed by atoms with Gasteiger partial charge in [-0.05, 0) is 29.5 Å². The third-order valence-corrected chi connectivity index (χ3v) is 5.37. The molecule has 2 heterocycles. The summed E-state index contributed by atoms with van der Waals surface area (Å²) in [6, 6.07) is 9.46. The van der Waals surface area contributed by atoms with Crippen LogP contribution in [0.3, 0.4) is 0 Å². The van der Waals surface area contributed by atoms with E-state index >= 15 is 0 Å². The van der Waals surface area contributed by atoms with E-state index in [9.17, 15) is 13.2 Å². The van der Waals surface area contributed by atoms with Crippen LogP contribution in [0.5, 0.6) is 0 Å². The Balaban J connectivity index is 1.62. The van der Waals surface area contributed by atoms with Crippen LogP contribution in [0.25, 0.3) is 0 Å². The molecule has 0 unspecified atom stereocenters. The largest absolute Gasteiger partial charge is 0.416 e. The van der Waals surface area contributed by atoms with Crippen molar-refractivity contribution in [3.05, 3.63) is 64.1 Å². The number of rotatable bonds is 6. The highest BCUT2D eigenvalue weighted by atomic mass is 32.2. The quantitative estimate of drug-likeness (QED) is 0.580. The number of benzene rings is 1. The van der Waals surface area contributed by atoms with Gasteiger partial charge in [-0.2, -0.15) is 13.2 Å². The molecule has 0 spiro atoms. The number of nitrogens with zero attached hydrogens (tertiary/aromatic N) is 3. The molecule has 0 fully saturated rings. The molecule has 0 aliphatic carbocycles. The number of thiophene rings is 1. The van der Waals surface area contributed by atoms with E-state index in [2.05, 4.69) is 16.3 Å². The molecular weight excluding hydrogens is 355 g/mol. The van der Waals surface area contributed by atoms with E-state index in [-0.39, 0.29) is 0 Å². The van der Waals surface area contributed by atoms with Crippen molar-refractivity contribution in [1.82, 2.24) is 14.8 Å². The first-order chi connectivity index (χ1) is 11.5. The maximum absolute atomic E-state index is 12.7. The van der Waals surface area contributed by atoms with Gasteiger partial charge in [0.05, 0.1) is 5.56 Å². The van der Waals surface area contributed by atoms with Crippen LogP contribution < -0.4 is 0 Å². The van der Waals surface area contributed by atoms with Crippen molar-refractivity contribution in [3.63, 3.8) is 0 Å². The first-order valence-corrected chi connectivity index (χ1v) is 9.08. The summed E-state index contributed by atoms with van der Waals surface area (Å²) in [5.74, 6) is 0.418. The van der Waals surface area contributed by atoms with Gasteiger partial charge in [0, 0.05) is 17.2 Å². The summed E-state index contributed by atoms with van der Waals surface area (Å²) in [7, 11) is 0. The lowest BCUT2D eigenvalue weighted by Crippen LogP contribution is -2.05. The second-order valence-electron chi connectivity index (χ2n) is 5.12. The molecule has 0 N–H and O–H groups in total. The van der Waals surface area contributed by atoms with Crippen LogP contribution in [0.4, 0.5) is 13.2 Å². The van der Waals surface area contributed by atoms with Gasteiger partial charge in [0.15, 0.2) is 5.16 Å². The standard InChI is InChI=1S/C16H14F3N3S2/c17-16(18,19)13-4-1-3-12(9-13)10-24-15-21-20-11-22(15)7-6-14-5-2-8-23-14/h1-5,8-9,11H,6-7,10H2. The molecule has 3 aromatic rings. The Bertz CT molecular complexity index is 782. The molecule has 0 saturated carbocycles. The molecule has 0 saturated heterocycles. The maximum atomic E-state index is 12.7. The number of hydrogen-bond donors (Lipinski definition) is 0. The van der Waals surface area contributed by atoms with E-state index in [0.717, 1.165) is 19.0 Å². The minimum atomic E-state index is -4.32. The summed E-state index contributed by atoms with van der Waals surface area (Å²) in [6.07, 6.45) is -1.78. The molecule has 0 atom stereocenters. The Morgan fingerprint density at radius 2 is 2.04 bits per heavy atom. The smallest absolute Gasteiger partial charge is 0.308 e. The van der Waals surface area contributed by atoms with Gasteiger partial charge in [-0.15, -0.1) is 21.5 Å². The van der Waals surface area contributed by atoms with Gasteiger partial charge < -0.3 is 4.57 Å². The highest BCUT2D eigenvalue weighted by Gasteiger charge is 2.30. The van der Waals surface area contributed by atoms with Crippen molar-refractivity contribution in [3.8, 4) is 0 Å². The molecule has 3 rings (SSSR count). The van der Waals surface area contributed by atoms with E-state index in [1.54, 1.807) is 23.7 Å². The highest BCUT2D eigenvalue weighted by molar-refractivity contribution is 7.98. The van der Waals surface area contributed by atoms with Crippen molar-refractivity contribution < 1.29 is 13.2 Å². The monoisotopic (exact) mass is 369 g/mol. The molecule has 8 heteroatoms. The molecule has 0 bridgehead atoms. The zero-order chi connectivity index (χ0) is 17.0. The number of thioether (sulfide) groups is 1. The van der Waals surface area contributed by atoms with Crippen molar-refractivity contribution in [2.45, 2.75) is 30.1 Å². The SMILES string of the molecule is FC(F)(F)c1cccc(CSc2nncn2CCc2cccs2)c1. The fourth-order valence-electron chi connectivity index (χ4n) is 2.18.